The topological polar surface area (TPSA) is 98.0 Å². The number of aromatic nitrogens is 2. The Hall–Kier alpha value is -1.83. The molecule has 0 amide bonds. The van der Waals surface area contributed by atoms with Gasteiger partial charge in [-0.2, -0.15) is 10.2 Å². The molecule has 6 nitrogen and oxygen atoms in total. The van der Waals surface area contributed by atoms with E-state index in [-0.39, 0.29) is 18.0 Å². The molecular formula is C12H14N4O2S. The van der Waals surface area contributed by atoms with Crippen LogP contribution in [0.15, 0.2) is 47.5 Å². The van der Waals surface area contributed by atoms with Gasteiger partial charge in [0.05, 0.1) is 17.1 Å². The van der Waals surface area contributed by atoms with Crippen molar-refractivity contribution in [3.63, 3.8) is 0 Å². The van der Waals surface area contributed by atoms with Gasteiger partial charge in [0.15, 0.2) is 0 Å². The zero-order valence-electron chi connectivity index (χ0n) is 10.2. The Balaban J connectivity index is 2.19. The van der Waals surface area contributed by atoms with E-state index < -0.39 is 10.0 Å². The highest BCUT2D eigenvalue weighted by molar-refractivity contribution is 7.89. The molecule has 2 rings (SSSR count). The molecule has 0 aliphatic heterocycles. The fraction of sp³-hybridized carbons (Fsp3) is 0.167. The summed E-state index contributed by atoms with van der Waals surface area (Å²) in [6.07, 6.45) is 1.53. The lowest BCUT2D eigenvalue weighted by Gasteiger charge is -2.09. The fourth-order valence-electron chi connectivity index (χ4n) is 1.61. The molecule has 0 fully saturated rings. The molecule has 0 saturated heterocycles. The third-order valence-corrected chi connectivity index (χ3v) is 4.05. The number of rotatable bonds is 5. The Morgan fingerprint density at radius 2 is 1.95 bits per heavy atom. The lowest BCUT2D eigenvalue weighted by Crippen LogP contribution is -2.25. The number of nitrogens with two attached hydrogens (primary N) is 1. The number of hydrogen-bond donors (Lipinski definition) is 2. The second-order valence-corrected chi connectivity index (χ2v) is 5.59. The molecule has 1 heterocycles. The van der Waals surface area contributed by atoms with Crippen LogP contribution in [0.1, 0.15) is 11.3 Å². The van der Waals surface area contributed by atoms with Gasteiger partial charge in [-0.1, -0.05) is 18.2 Å². The van der Waals surface area contributed by atoms with Crippen molar-refractivity contribution in [2.24, 2.45) is 5.73 Å². The van der Waals surface area contributed by atoms with Crippen LogP contribution >= 0.6 is 0 Å². The molecular weight excluding hydrogens is 264 g/mol. The van der Waals surface area contributed by atoms with Crippen molar-refractivity contribution < 1.29 is 8.42 Å². The fourth-order valence-corrected chi connectivity index (χ4v) is 2.86. The molecule has 3 N–H and O–H groups in total. The van der Waals surface area contributed by atoms with Crippen molar-refractivity contribution in [2.75, 3.05) is 0 Å². The maximum absolute atomic E-state index is 12.2. The van der Waals surface area contributed by atoms with E-state index in [9.17, 15) is 8.42 Å². The van der Waals surface area contributed by atoms with Crippen molar-refractivity contribution in [1.29, 1.82) is 0 Å². The minimum atomic E-state index is -3.60. The highest BCUT2D eigenvalue weighted by atomic mass is 32.2. The lowest BCUT2D eigenvalue weighted by molar-refractivity contribution is 0.578. The number of nitrogens with one attached hydrogen (secondary N) is 1. The summed E-state index contributed by atoms with van der Waals surface area (Å²) < 4.78 is 26.8. The summed E-state index contributed by atoms with van der Waals surface area (Å²) in [4.78, 5) is 0.196. The predicted molar refractivity (Wildman–Crippen MR) is 70.4 cm³/mol. The molecule has 0 atom stereocenters. The Bertz CT molecular complexity index is 644. The van der Waals surface area contributed by atoms with Gasteiger partial charge in [-0.15, -0.1) is 0 Å². The summed E-state index contributed by atoms with van der Waals surface area (Å²) in [5.41, 5.74) is 6.67. The van der Waals surface area contributed by atoms with Gasteiger partial charge in [-0.3, -0.25) is 0 Å². The van der Waals surface area contributed by atoms with Crippen molar-refractivity contribution >= 4 is 10.0 Å². The molecule has 0 aliphatic carbocycles. The molecule has 0 radical (unpaired) electrons. The van der Waals surface area contributed by atoms with Gasteiger partial charge in [0, 0.05) is 12.7 Å². The van der Waals surface area contributed by atoms with Crippen molar-refractivity contribution in [3.05, 3.63) is 53.9 Å². The standard InChI is InChI=1S/C12H14N4O2S/c13-8-10-4-1-2-6-12(10)19(17,18)15-9-11-5-3-7-14-16-11/h1-7,15H,8-9,13H2. The van der Waals surface area contributed by atoms with E-state index in [0.717, 1.165) is 0 Å². The highest BCUT2D eigenvalue weighted by Gasteiger charge is 2.17. The smallest absolute Gasteiger partial charge is 0.241 e. The van der Waals surface area contributed by atoms with Crippen LogP contribution < -0.4 is 10.5 Å². The molecule has 19 heavy (non-hydrogen) atoms. The first-order valence-electron chi connectivity index (χ1n) is 5.67. The third kappa shape index (κ3) is 3.34. The van der Waals surface area contributed by atoms with E-state index in [2.05, 4.69) is 14.9 Å². The molecule has 1 aromatic heterocycles. The van der Waals surface area contributed by atoms with Crippen LogP contribution in [0.5, 0.6) is 0 Å². The largest absolute Gasteiger partial charge is 0.326 e. The molecule has 0 unspecified atom stereocenters. The predicted octanol–water partition coefficient (Wildman–Crippen LogP) is 0.414. The quantitative estimate of drug-likeness (QED) is 0.825. The molecule has 0 aliphatic rings. The molecule has 2 aromatic rings. The number of nitrogens with zero attached hydrogens (tertiary/aromatic N) is 2. The van der Waals surface area contributed by atoms with Crippen LogP contribution in [0, 0.1) is 0 Å². The highest BCUT2D eigenvalue weighted by Crippen LogP contribution is 2.14. The van der Waals surface area contributed by atoms with Gasteiger partial charge in [0.2, 0.25) is 10.0 Å². The summed E-state index contributed by atoms with van der Waals surface area (Å²) in [5.74, 6) is 0. The Labute approximate surface area is 111 Å². The van der Waals surface area contributed by atoms with E-state index in [4.69, 9.17) is 5.73 Å². The maximum atomic E-state index is 12.2. The first-order chi connectivity index (χ1) is 9.13. The first-order valence-corrected chi connectivity index (χ1v) is 7.16. The molecule has 1 aromatic carbocycles. The molecule has 7 heteroatoms. The normalized spacial score (nSPS) is 11.4. The minimum absolute atomic E-state index is 0.0923. The summed E-state index contributed by atoms with van der Waals surface area (Å²) in [6.45, 7) is 0.261. The molecule has 100 valence electrons. The summed E-state index contributed by atoms with van der Waals surface area (Å²) in [6, 6.07) is 10.0. The minimum Gasteiger partial charge on any atom is -0.326 e. The summed E-state index contributed by atoms with van der Waals surface area (Å²) in [5, 5.41) is 7.50. The molecule has 0 bridgehead atoms. The second kappa shape index (κ2) is 5.87. The Morgan fingerprint density at radius 1 is 1.16 bits per heavy atom. The van der Waals surface area contributed by atoms with E-state index in [1.165, 1.54) is 12.3 Å². The average molecular weight is 278 g/mol. The summed E-state index contributed by atoms with van der Waals surface area (Å²) in [7, 11) is -3.60. The second-order valence-electron chi connectivity index (χ2n) is 3.85. The van der Waals surface area contributed by atoms with Gasteiger partial charge < -0.3 is 5.73 Å². The number of hydrogen-bond acceptors (Lipinski definition) is 5. The maximum Gasteiger partial charge on any atom is 0.241 e. The van der Waals surface area contributed by atoms with E-state index in [1.54, 1.807) is 30.3 Å². The zero-order chi connectivity index (χ0) is 13.7. The summed E-state index contributed by atoms with van der Waals surface area (Å²) >= 11 is 0. The Morgan fingerprint density at radius 3 is 2.63 bits per heavy atom. The lowest BCUT2D eigenvalue weighted by atomic mass is 10.2. The van der Waals surface area contributed by atoms with Crippen LogP contribution in [0.4, 0.5) is 0 Å². The van der Waals surface area contributed by atoms with Gasteiger partial charge in [0.1, 0.15) is 0 Å². The average Bonchev–Trinajstić information content (AvgIpc) is 2.46. The Kier molecular flexibility index (Phi) is 4.20. The molecule has 0 saturated carbocycles. The van der Waals surface area contributed by atoms with Crippen LogP contribution in [-0.4, -0.2) is 18.6 Å². The van der Waals surface area contributed by atoms with Gasteiger partial charge in [-0.25, -0.2) is 13.1 Å². The first kappa shape index (κ1) is 13.6. The van der Waals surface area contributed by atoms with Crippen LogP contribution in [0.25, 0.3) is 0 Å². The van der Waals surface area contributed by atoms with Crippen molar-refractivity contribution in [3.8, 4) is 0 Å². The van der Waals surface area contributed by atoms with E-state index in [0.29, 0.717) is 11.3 Å². The van der Waals surface area contributed by atoms with E-state index in [1.807, 2.05) is 0 Å². The zero-order valence-corrected chi connectivity index (χ0v) is 11.0. The number of sulfonamides is 1. The van der Waals surface area contributed by atoms with Crippen molar-refractivity contribution in [1.82, 2.24) is 14.9 Å². The third-order valence-electron chi connectivity index (χ3n) is 2.55. The van der Waals surface area contributed by atoms with Crippen LogP contribution in [0.2, 0.25) is 0 Å². The van der Waals surface area contributed by atoms with Crippen molar-refractivity contribution in [2.45, 2.75) is 18.0 Å². The van der Waals surface area contributed by atoms with Gasteiger partial charge >= 0.3 is 0 Å². The van der Waals surface area contributed by atoms with Crippen LogP contribution in [0.3, 0.4) is 0 Å². The molecule has 0 spiro atoms. The monoisotopic (exact) mass is 278 g/mol. The van der Waals surface area contributed by atoms with Gasteiger partial charge in [-0.05, 0) is 23.8 Å². The SMILES string of the molecule is NCc1ccccc1S(=O)(=O)NCc1cccnn1. The number of benzene rings is 1. The van der Waals surface area contributed by atoms with Gasteiger partial charge in [0.25, 0.3) is 0 Å². The van der Waals surface area contributed by atoms with Crippen LogP contribution in [-0.2, 0) is 23.1 Å². The van der Waals surface area contributed by atoms with E-state index >= 15 is 0 Å².